The Morgan fingerprint density at radius 1 is 0.667 bits per heavy atom. The maximum Gasteiger partial charge on any atom is 0.118 e. The fourth-order valence-electron chi connectivity index (χ4n) is 3.65. The fourth-order valence-corrected chi connectivity index (χ4v) is 3.65. The van der Waals surface area contributed by atoms with Gasteiger partial charge in [0, 0.05) is 16.7 Å². The molecule has 4 aromatic rings. The number of hydrogen-bond acceptors (Lipinski definition) is 3. The Morgan fingerprint density at radius 2 is 1.23 bits per heavy atom. The zero-order valence-corrected chi connectivity index (χ0v) is 18.1. The Hall–Kier alpha value is -3.53. The summed E-state index contributed by atoms with van der Waals surface area (Å²) in [4.78, 5) is 0. The van der Waals surface area contributed by atoms with Crippen molar-refractivity contribution in [2.45, 2.75) is 20.8 Å². The summed E-state index contributed by atoms with van der Waals surface area (Å²) in [5.74, 6) is 1.67. The fraction of sp³-hybridized carbons (Fsp3) is 0.192. The van der Waals surface area contributed by atoms with Crippen molar-refractivity contribution in [1.29, 1.82) is 0 Å². The van der Waals surface area contributed by atoms with E-state index in [0.29, 0.717) is 0 Å². The van der Waals surface area contributed by atoms with Gasteiger partial charge in [-0.2, -0.15) is 5.10 Å². The third-order valence-corrected chi connectivity index (χ3v) is 5.58. The monoisotopic (exact) mass is 398 g/mol. The highest BCUT2D eigenvalue weighted by molar-refractivity contribution is 5.76. The Kier molecular flexibility index (Phi) is 5.32. The van der Waals surface area contributed by atoms with Gasteiger partial charge in [0.25, 0.3) is 0 Å². The second-order valence-electron chi connectivity index (χ2n) is 7.46. The molecule has 1 heterocycles. The number of ether oxygens (including phenoxy) is 2. The average molecular weight is 399 g/mol. The minimum Gasteiger partial charge on any atom is -0.497 e. The van der Waals surface area contributed by atoms with Gasteiger partial charge in [0.2, 0.25) is 0 Å². The van der Waals surface area contributed by atoms with E-state index < -0.39 is 0 Å². The van der Waals surface area contributed by atoms with E-state index in [2.05, 4.69) is 63.2 Å². The molecular formula is C26H26N2O2. The van der Waals surface area contributed by atoms with Crippen molar-refractivity contribution in [3.05, 3.63) is 83.4 Å². The SMILES string of the molecule is COc1ccc(-c2nn(-c3ccc(C)c(C)c3)c(-c3ccc(OC)cc3)c2C)cc1. The highest BCUT2D eigenvalue weighted by atomic mass is 16.5. The molecule has 0 fully saturated rings. The van der Waals surface area contributed by atoms with Crippen molar-refractivity contribution in [2.75, 3.05) is 14.2 Å². The van der Waals surface area contributed by atoms with E-state index in [9.17, 15) is 0 Å². The molecule has 0 bridgehead atoms. The van der Waals surface area contributed by atoms with E-state index in [0.717, 1.165) is 45.3 Å². The molecule has 0 N–H and O–H groups in total. The van der Waals surface area contributed by atoms with Gasteiger partial charge in [-0.05, 0) is 92.6 Å². The van der Waals surface area contributed by atoms with Gasteiger partial charge >= 0.3 is 0 Å². The molecule has 30 heavy (non-hydrogen) atoms. The molecule has 1 aromatic heterocycles. The lowest BCUT2D eigenvalue weighted by atomic mass is 10.0. The lowest BCUT2D eigenvalue weighted by molar-refractivity contribution is 0.414. The summed E-state index contributed by atoms with van der Waals surface area (Å²) in [5.41, 5.74) is 8.88. The molecule has 0 aliphatic carbocycles. The van der Waals surface area contributed by atoms with Crippen LogP contribution in [0.5, 0.6) is 11.5 Å². The van der Waals surface area contributed by atoms with Crippen molar-refractivity contribution in [3.8, 4) is 39.7 Å². The Morgan fingerprint density at radius 3 is 1.77 bits per heavy atom. The largest absolute Gasteiger partial charge is 0.497 e. The number of nitrogens with zero attached hydrogens (tertiary/aromatic N) is 2. The third kappa shape index (κ3) is 3.57. The molecule has 0 aliphatic rings. The second-order valence-corrected chi connectivity index (χ2v) is 7.46. The van der Waals surface area contributed by atoms with Crippen molar-refractivity contribution in [3.63, 3.8) is 0 Å². The topological polar surface area (TPSA) is 36.3 Å². The van der Waals surface area contributed by atoms with Crippen LogP contribution in [0.4, 0.5) is 0 Å². The van der Waals surface area contributed by atoms with Crippen LogP contribution in [0.2, 0.25) is 0 Å². The summed E-state index contributed by atoms with van der Waals surface area (Å²) in [5, 5.41) is 5.04. The molecule has 3 aromatic carbocycles. The van der Waals surface area contributed by atoms with Gasteiger partial charge < -0.3 is 9.47 Å². The first-order chi connectivity index (χ1) is 14.5. The highest BCUT2D eigenvalue weighted by Crippen LogP contribution is 2.35. The van der Waals surface area contributed by atoms with Gasteiger partial charge in [-0.1, -0.05) is 6.07 Å². The van der Waals surface area contributed by atoms with E-state index in [-0.39, 0.29) is 0 Å². The highest BCUT2D eigenvalue weighted by Gasteiger charge is 2.19. The molecule has 4 rings (SSSR count). The number of hydrogen-bond donors (Lipinski definition) is 0. The van der Waals surface area contributed by atoms with Crippen molar-refractivity contribution in [2.24, 2.45) is 0 Å². The van der Waals surface area contributed by atoms with Gasteiger partial charge in [-0.25, -0.2) is 4.68 Å². The summed E-state index contributed by atoms with van der Waals surface area (Å²) >= 11 is 0. The molecule has 0 saturated carbocycles. The van der Waals surface area contributed by atoms with E-state index >= 15 is 0 Å². The van der Waals surface area contributed by atoms with Crippen LogP contribution in [0.3, 0.4) is 0 Å². The van der Waals surface area contributed by atoms with Crippen molar-refractivity contribution in [1.82, 2.24) is 9.78 Å². The number of rotatable bonds is 5. The van der Waals surface area contributed by atoms with Crippen LogP contribution in [0.25, 0.3) is 28.2 Å². The molecule has 0 unspecified atom stereocenters. The molecule has 152 valence electrons. The summed E-state index contributed by atoms with van der Waals surface area (Å²) in [7, 11) is 3.36. The molecule has 0 radical (unpaired) electrons. The van der Waals surface area contributed by atoms with Crippen molar-refractivity contribution < 1.29 is 9.47 Å². The van der Waals surface area contributed by atoms with E-state index in [1.807, 2.05) is 28.9 Å². The zero-order valence-electron chi connectivity index (χ0n) is 18.1. The van der Waals surface area contributed by atoms with E-state index in [1.54, 1.807) is 14.2 Å². The molecule has 0 aliphatic heterocycles. The van der Waals surface area contributed by atoms with Gasteiger partial charge in [0.15, 0.2) is 0 Å². The van der Waals surface area contributed by atoms with Crippen LogP contribution in [0, 0.1) is 20.8 Å². The predicted molar refractivity (Wildman–Crippen MR) is 122 cm³/mol. The zero-order chi connectivity index (χ0) is 21.3. The first kappa shape index (κ1) is 19.8. The second kappa shape index (κ2) is 8.07. The average Bonchev–Trinajstić information content (AvgIpc) is 3.12. The maximum atomic E-state index is 5.34. The molecule has 0 amide bonds. The van der Waals surface area contributed by atoms with Crippen molar-refractivity contribution >= 4 is 0 Å². The van der Waals surface area contributed by atoms with Gasteiger partial charge in [-0.15, -0.1) is 0 Å². The minimum absolute atomic E-state index is 0.834. The summed E-state index contributed by atoms with van der Waals surface area (Å²) in [6.45, 7) is 6.39. The molecule has 0 spiro atoms. The number of methoxy groups -OCH3 is 2. The molecule has 0 atom stereocenters. The van der Waals surface area contributed by atoms with Gasteiger partial charge in [-0.3, -0.25) is 0 Å². The lowest BCUT2D eigenvalue weighted by Crippen LogP contribution is -2.01. The Labute approximate surface area is 177 Å². The first-order valence-corrected chi connectivity index (χ1v) is 9.98. The predicted octanol–water partition coefficient (Wildman–Crippen LogP) is 6.15. The third-order valence-electron chi connectivity index (χ3n) is 5.58. The summed E-state index contributed by atoms with van der Waals surface area (Å²) < 4.78 is 12.7. The van der Waals surface area contributed by atoms with Crippen LogP contribution < -0.4 is 9.47 Å². The summed E-state index contributed by atoms with van der Waals surface area (Å²) in [6, 6.07) is 22.6. The molecule has 4 heteroatoms. The maximum absolute atomic E-state index is 5.34. The van der Waals surface area contributed by atoms with Crippen LogP contribution in [0.15, 0.2) is 66.7 Å². The smallest absolute Gasteiger partial charge is 0.118 e. The lowest BCUT2D eigenvalue weighted by Gasteiger charge is -2.11. The van der Waals surface area contributed by atoms with Crippen LogP contribution in [-0.2, 0) is 0 Å². The number of benzene rings is 3. The van der Waals surface area contributed by atoms with E-state index in [1.165, 1.54) is 11.1 Å². The molecular weight excluding hydrogens is 372 g/mol. The normalized spacial score (nSPS) is 10.8. The number of aryl methyl sites for hydroxylation is 2. The van der Waals surface area contributed by atoms with Crippen LogP contribution >= 0.6 is 0 Å². The minimum atomic E-state index is 0.834. The van der Waals surface area contributed by atoms with Gasteiger partial charge in [0.1, 0.15) is 11.5 Å². The first-order valence-electron chi connectivity index (χ1n) is 9.98. The Bertz CT molecular complexity index is 1170. The molecule has 0 saturated heterocycles. The van der Waals surface area contributed by atoms with Gasteiger partial charge in [0.05, 0.1) is 31.3 Å². The summed E-state index contributed by atoms with van der Waals surface area (Å²) in [6.07, 6.45) is 0. The standard InChI is InChI=1S/C26H26N2O2/c1-17-6-11-22(16-18(17)2)28-26(21-9-14-24(30-5)15-10-21)19(3)25(27-28)20-7-12-23(29-4)13-8-20/h6-16H,1-5H3. The Balaban J connectivity index is 1.92. The van der Waals surface area contributed by atoms with E-state index in [4.69, 9.17) is 14.6 Å². The van der Waals surface area contributed by atoms with Crippen LogP contribution in [-0.4, -0.2) is 24.0 Å². The number of aromatic nitrogens is 2. The quantitative estimate of drug-likeness (QED) is 0.405. The van der Waals surface area contributed by atoms with Crippen LogP contribution in [0.1, 0.15) is 16.7 Å². The molecule has 4 nitrogen and oxygen atoms in total.